The molecule has 0 aliphatic rings. The molecule has 6 heteroatoms. The van der Waals surface area contributed by atoms with Crippen molar-refractivity contribution < 1.29 is 9.90 Å². The van der Waals surface area contributed by atoms with Crippen LogP contribution in [-0.2, 0) is 0 Å². The van der Waals surface area contributed by atoms with E-state index in [0.717, 1.165) is 5.56 Å². The zero-order chi connectivity index (χ0) is 12.8. The van der Waals surface area contributed by atoms with Crippen molar-refractivity contribution in [2.45, 2.75) is 13.8 Å². The highest BCUT2D eigenvalue weighted by molar-refractivity contribution is 6.30. The van der Waals surface area contributed by atoms with E-state index in [1.165, 1.54) is 11.1 Å². The molecule has 0 radical (unpaired) electrons. The minimum atomic E-state index is -0.259. The van der Waals surface area contributed by atoms with Gasteiger partial charge in [-0.3, -0.25) is 0 Å². The van der Waals surface area contributed by atoms with Gasteiger partial charge in [0.15, 0.2) is 0 Å². The summed E-state index contributed by atoms with van der Waals surface area (Å²) in [6, 6.07) is 1.49. The highest BCUT2D eigenvalue weighted by Crippen LogP contribution is 2.16. The molecule has 1 rings (SSSR count). The molecular formula is C11H16ClN3O2. The maximum Gasteiger partial charge on any atom is 0.321 e. The minimum absolute atomic E-state index is 0.0564. The number of aliphatic hydroxyl groups is 1. The SMILES string of the molecule is CCN(CCO)C(=O)Nc1cnc(Cl)c(C)c1. The molecular weight excluding hydrogens is 242 g/mol. The molecule has 94 valence electrons. The predicted molar refractivity (Wildman–Crippen MR) is 67.3 cm³/mol. The summed E-state index contributed by atoms with van der Waals surface area (Å²) in [5, 5.41) is 11.9. The molecule has 0 fully saturated rings. The van der Waals surface area contributed by atoms with Crippen molar-refractivity contribution in [2.75, 3.05) is 25.0 Å². The van der Waals surface area contributed by atoms with Crippen LogP contribution in [0.15, 0.2) is 12.3 Å². The third kappa shape index (κ3) is 3.87. The van der Waals surface area contributed by atoms with Crippen molar-refractivity contribution in [3.63, 3.8) is 0 Å². The van der Waals surface area contributed by atoms with Crippen molar-refractivity contribution in [1.82, 2.24) is 9.88 Å². The van der Waals surface area contributed by atoms with Gasteiger partial charge in [0, 0.05) is 13.1 Å². The van der Waals surface area contributed by atoms with Crippen molar-refractivity contribution in [3.8, 4) is 0 Å². The van der Waals surface area contributed by atoms with Crippen molar-refractivity contribution in [1.29, 1.82) is 0 Å². The average molecular weight is 258 g/mol. The van der Waals surface area contributed by atoms with Gasteiger partial charge in [0.1, 0.15) is 5.15 Å². The first-order valence-corrected chi connectivity index (χ1v) is 5.75. The van der Waals surface area contributed by atoms with Crippen LogP contribution in [0.5, 0.6) is 0 Å². The Hall–Kier alpha value is -1.33. The number of aryl methyl sites for hydroxylation is 1. The number of likely N-dealkylation sites (N-methyl/N-ethyl adjacent to an activating group) is 1. The number of nitrogens with zero attached hydrogens (tertiary/aromatic N) is 2. The topological polar surface area (TPSA) is 65.5 Å². The maximum atomic E-state index is 11.8. The van der Waals surface area contributed by atoms with Crippen molar-refractivity contribution >= 4 is 23.3 Å². The largest absolute Gasteiger partial charge is 0.395 e. The number of urea groups is 1. The van der Waals surface area contributed by atoms with E-state index in [1.54, 1.807) is 6.07 Å². The molecule has 17 heavy (non-hydrogen) atoms. The Morgan fingerprint density at radius 3 is 2.88 bits per heavy atom. The standard InChI is InChI=1S/C11H16ClN3O2/c1-3-15(4-5-16)11(17)14-9-6-8(2)10(12)13-7-9/h6-7,16H,3-5H2,1-2H3,(H,14,17). The number of hydrogen-bond acceptors (Lipinski definition) is 3. The summed E-state index contributed by atoms with van der Waals surface area (Å²) in [6.45, 7) is 4.45. The van der Waals surface area contributed by atoms with Gasteiger partial charge in [0.2, 0.25) is 0 Å². The molecule has 0 aromatic carbocycles. The van der Waals surface area contributed by atoms with Gasteiger partial charge in [-0.2, -0.15) is 0 Å². The molecule has 0 saturated carbocycles. The lowest BCUT2D eigenvalue weighted by atomic mass is 10.3. The molecule has 0 unspecified atom stereocenters. The Labute approximate surface area is 105 Å². The van der Waals surface area contributed by atoms with Gasteiger partial charge in [-0.1, -0.05) is 11.6 Å². The average Bonchev–Trinajstić information content (AvgIpc) is 2.30. The summed E-state index contributed by atoms with van der Waals surface area (Å²) < 4.78 is 0. The third-order valence-electron chi connectivity index (χ3n) is 2.30. The van der Waals surface area contributed by atoms with Crippen LogP contribution in [0.4, 0.5) is 10.5 Å². The summed E-state index contributed by atoms with van der Waals surface area (Å²) in [7, 11) is 0. The molecule has 1 aromatic heterocycles. The molecule has 0 bridgehead atoms. The number of halogens is 1. The van der Waals surface area contributed by atoms with Gasteiger partial charge in [-0.05, 0) is 25.5 Å². The van der Waals surface area contributed by atoms with Crippen molar-refractivity contribution in [3.05, 3.63) is 23.0 Å². The molecule has 0 aliphatic carbocycles. The zero-order valence-corrected chi connectivity index (χ0v) is 10.7. The molecule has 0 saturated heterocycles. The van der Waals surface area contributed by atoms with Crippen LogP contribution in [0.2, 0.25) is 5.15 Å². The highest BCUT2D eigenvalue weighted by Gasteiger charge is 2.11. The quantitative estimate of drug-likeness (QED) is 0.810. The van der Waals surface area contributed by atoms with Crippen LogP contribution in [-0.4, -0.2) is 40.7 Å². The maximum absolute atomic E-state index is 11.8. The van der Waals surface area contributed by atoms with E-state index >= 15 is 0 Å². The zero-order valence-electron chi connectivity index (χ0n) is 9.90. The normalized spacial score (nSPS) is 10.1. The van der Waals surface area contributed by atoms with Gasteiger partial charge >= 0.3 is 6.03 Å². The molecule has 2 amide bonds. The van der Waals surface area contributed by atoms with E-state index < -0.39 is 0 Å². The number of aliphatic hydroxyl groups excluding tert-OH is 1. The van der Waals surface area contributed by atoms with Gasteiger partial charge in [0.25, 0.3) is 0 Å². The molecule has 1 aromatic rings. The summed E-state index contributed by atoms with van der Waals surface area (Å²) >= 11 is 5.79. The molecule has 2 N–H and O–H groups in total. The molecule has 5 nitrogen and oxygen atoms in total. The summed E-state index contributed by atoms with van der Waals surface area (Å²) in [5.41, 5.74) is 1.39. The van der Waals surface area contributed by atoms with Crippen LogP contribution in [0.3, 0.4) is 0 Å². The number of hydrogen-bond donors (Lipinski definition) is 2. The van der Waals surface area contributed by atoms with E-state index in [1.807, 2.05) is 13.8 Å². The number of aromatic nitrogens is 1. The van der Waals surface area contributed by atoms with Gasteiger partial charge < -0.3 is 15.3 Å². The monoisotopic (exact) mass is 257 g/mol. The van der Waals surface area contributed by atoms with Gasteiger partial charge in [0.05, 0.1) is 18.5 Å². The first-order chi connectivity index (χ1) is 8.08. The van der Waals surface area contributed by atoms with Crippen LogP contribution < -0.4 is 5.32 Å². The summed E-state index contributed by atoms with van der Waals surface area (Å²) in [6.07, 6.45) is 1.50. The molecule has 1 heterocycles. The lowest BCUT2D eigenvalue weighted by Gasteiger charge is -2.20. The Morgan fingerprint density at radius 2 is 2.35 bits per heavy atom. The number of carbonyl (C=O) groups is 1. The van der Waals surface area contributed by atoms with Gasteiger partial charge in [-0.15, -0.1) is 0 Å². The Bertz CT molecular complexity index is 398. The number of carbonyl (C=O) groups excluding carboxylic acids is 1. The highest BCUT2D eigenvalue weighted by atomic mass is 35.5. The molecule has 0 aliphatic heterocycles. The smallest absolute Gasteiger partial charge is 0.321 e. The Morgan fingerprint density at radius 1 is 1.65 bits per heavy atom. The number of anilines is 1. The van der Waals surface area contributed by atoms with Crippen LogP contribution in [0.25, 0.3) is 0 Å². The molecule has 0 atom stereocenters. The fourth-order valence-corrected chi connectivity index (χ4v) is 1.46. The van der Waals surface area contributed by atoms with Crippen LogP contribution >= 0.6 is 11.6 Å². The second kappa shape index (κ2) is 6.42. The fraction of sp³-hybridized carbons (Fsp3) is 0.455. The first kappa shape index (κ1) is 13.7. The second-order valence-electron chi connectivity index (χ2n) is 3.57. The van der Waals surface area contributed by atoms with E-state index in [4.69, 9.17) is 16.7 Å². The first-order valence-electron chi connectivity index (χ1n) is 5.37. The lowest BCUT2D eigenvalue weighted by Crippen LogP contribution is -2.36. The Balaban J connectivity index is 2.69. The fourth-order valence-electron chi connectivity index (χ4n) is 1.35. The second-order valence-corrected chi connectivity index (χ2v) is 3.92. The Kier molecular flexibility index (Phi) is 5.18. The number of amides is 2. The van der Waals surface area contributed by atoms with Crippen LogP contribution in [0, 0.1) is 6.92 Å². The number of pyridine rings is 1. The lowest BCUT2D eigenvalue weighted by molar-refractivity contribution is 0.192. The van der Waals surface area contributed by atoms with Crippen molar-refractivity contribution in [2.24, 2.45) is 0 Å². The third-order valence-corrected chi connectivity index (χ3v) is 2.70. The van der Waals surface area contributed by atoms with E-state index in [2.05, 4.69) is 10.3 Å². The predicted octanol–water partition coefficient (Wildman–Crippen LogP) is 1.89. The number of rotatable bonds is 4. The summed E-state index contributed by atoms with van der Waals surface area (Å²) in [5.74, 6) is 0. The summed E-state index contributed by atoms with van der Waals surface area (Å²) in [4.78, 5) is 17.2. The van der Waals surface area contributed by atoms with E-state index in [9.17, 15) is 4.79 Å². The van der Waals surface area contributed by atoms with E-state index in [0.29, 0.717) is 23.9 Å². The van der Waals surface area contributed by atoms with Gasteiger partial charge in [-0.25, -0.2) is 9.78 Å². The van der Waals surface area contributed by atoms with Crippen LogP contribution in [0.1, 0.15) is 12.5 Å². The minimum Gasteiger partial charge on any atom is -0.395 e. The van der Waals surface area contributed by atoms with E-state index in [-0.39, 0.29) is 12.6 Å². The number of nitrogens with one attached hydrogen (secondary N) is 1. The molecule has 0 spiro atoms.